The molecule has 0 aromatic heterocycles. The summed E-state index contributed by atoms with van der Waals surface area (Å²) in [7, 11) is 0. The van der Waals surface area contributed by atoms with Gasteiger partial charge in [0.1, 0.15) is 34.2 Å². The number of rotatable bonds is 7. The molecular weight excluding hydrogens is 452 g/mol. The highest BCUT2D eigenvalue weighted by Gasteiger charge is 2.28. The van der Waals surface area contributed by atoms with Crippen LogP contribution in [0.2, 0.25) is 0 Å². The van der Waals surface area contributed by atoms with E-state index in [0.29, 0.717) is 35.8 Å². The van der Waals surface area contributed by atoms with E-state index < -0.39 is 0 Å². The molecule has 0 saturated carbocycles. The number of hydrogen-bond acceptors (Lipinski definition) is 4. The average Bonchev–Trinajstić information content (AvgIpc) is 2.91. The van der Waals surface area contributed by atoms with Gasteiger partial charge >= 0.3 is 0 Å². The van der Waals surface area contributed by atoms with E-state index in [1.807, 2.05) is 95.6 Å². The van der Waals surface area contributed by atoms with Crippen molar-refractivity contribution in [3.05, 3.63) is 107 Å². The first-order chi connectivity index (χ1) is 17.7. The Kier molecular flexibility index (Phi) is 5.81. The van der Waals surface area contributed by atoms with Gasteiger partial charge < -0.3 is 9.47 Å². The topological polar surface area (TPSA) is 85.8 Å². The highest BCUT2D eigenvalue weighted by molar-refractivity contribution is 6.15. The van der Waals surface area contributed by atoms with Gasteiger partial charge in [-0.3, -0.25) is 20.2 Å². The van der Waals surface area contributed by atoms with Crippen molar-refractivity contribution in [2.75, 3.05) is 13.2 Å². The summed E-state index contributed by atoms with van der Waals surface area (Å²) in [6, 6.07) is 26.7. The van der Waals surface area contributed by atoms with E-state index in [2.05, 4.69) is 0 Å². The van der Waals surface area contributed by atoms with Crippen LogP contribution in [0.5, 0.6) is 11.5 Å². The van der Waals surface area contributed by atoms with Crippen molar-refractivity contribution in [3.63, 3.8) is 0 Å². The van der Waals surface area contributed by atoms with Crippen molar-refractivity contribution in [2.24, 2.45) is 0 Å². The van der Waals surface area contributed by atoms with E-state index in [0.717, 1.165) is 46.7 Å². The lowest BCUT2D eigenvalue weighted by Crippen LogP contribution is -2.73. The molecule has 0 bridgehead atoms. The number of hydrogen-bond donors (Lipinski definition) is 2. The summed E-state index contributed by atoms with van der Waals surface area (Å²) < 4.78 is 11.8. The third-order valence-corrected chi connectivity index (χ3v) is 6.65. The molecule has 4 N–H and O–H groups in total. The van der Waals surface area contributed by atoms with Gasteiger partial charge in [0.25, 0.3) is 0 Å². The Morgan fingerprint density at radius 3 is 1.39 bits per heavy atom. The van der Waals surface area contributed by atoms with Crippen LogP contribution in [0.3, 0.4) is 0 Å². The maximum absolute atomic E-state index is 12.9. The SMILES string of the molecule is O=C1c2ccccc2[NH2+]c2ccc(OCCCCOc3ccc4c(c3)C(=O)c3ccccc3[NH2+]4)cc21. The van der Waals surface area contributed by atoms with Gasteiger partial charge in [-0.25, -0.2) is 0 Å². The standard InChI is InChI=1S/C30H24N2O4/c33-29-21-7-1-3-9-25(21)31-27-13-11-19(17-23(27)29)35-15-5-6-16-36-20-12-14-28-24(18-20)30(34)22-8-2-4-10-26(22)32-28/h1-4,7-14,17-18H,5-6,15-16H2,(H,31,33)(H,32,34)/p+2. The van der Waals surface area contributed by atoms with Gasteiger partial charge in [0, 0.05) is 24.3 Å². The summed E-state index contributed by atoms with van der Waals surface area (Å²) in [5.41, 5.74) is 6.56. The molecule has 36 heavy (non-hydrogen) atoms. The molecule has 2 aliphatic rings. The summed E-state index contributed by atoms with van der Waals surface area (Å²) in [5, 5.41) is 4.08. The molecular formula is C30H26N2O4+2. The van der Waals surface area contributed by atoms with Crippen LogP contribution in [0.25, 0.3) is 0 Å². The fourth-order valence-corrected chi connectivity index (χ4v) is 4.76. The molecule has 2 heterocycles. The lowest BCUT2D eigenvalue weighted by Gasteiger charge is -2.17. The molecule has 2 aliphatic heterocycles. The van der Waals surface area contributed by atoms with Crippen LogP contribution in [0.4, 0.5) is 22.7 Å². The zero-order valence-corrected chi connectivity index (χ0v) is 19.7. The predicted octanol–water partition coefficient (Wildman–Crippen LogP) is 4.07. The predicted molar refractivity (Wildman–Crippen MR) is 135 cm³/mol. The molecule has 6 nitrogen and oxygen atoms in total. The van der Waals surface area contributed by atoms with E-state index in [-0.39, 0.29) is 11.6 Å². The highest BCUT2D eigenvalue weighted by Crippen LogP contribution is 2.29. The van der Waals surface area contributed by atoms with Crippen molar-refractivity contribution >= 4 is 34.3 Å². The van der Waals surface area contributed by atoms with Crippen molar-refractivity contribution < 1.29 is 29.7 Å². The van der Waals surface area contributed by atoms with Crippen LogP contribution < -0.4 is 20.1 Å². The third-order valence-electron chi connectivity index (χ3n) is 6.65. The van der Waals surface area contributed by atoms with Crippen LogP contribution in [-0.4, -0.2) is 24.8 Å². The summed E-state index contributed by atoms with van der Waals surface area (Å²) in [6.45, 7) is 1.07. The molecule has 0 atom stereocenters. The minimum Gasteiger partial charge on any atom is -0.494 e. The second-order valence-electron chi connectivity index (χ2n) is 9.02. The summed E-state index contributed by atoms with van der Waals surface area (Å²) in [5.74, 6) is 1.46. The monoisotopic (exact) mass is 478 g/mol. The second kappa shape index (κ2) is 9.41. The lowest BCUT2D eigenvalue weighted by atomic mass is 9.96. The number of unbranched alkanes of at least 4 members (excludes halogenated alkanes) is 1. The number of benzene rings is 4. The maximum Gasteiger partial charge on any atom is 0.205 e. The Morgan fingerprint density at radius 2 is 0.917 bits per heavy atom. The largest absolute Gasteiger partial charge is 0.494 e. The lowest BCUT2D eigenvalue weighted by molar-refractivity contribution is -0.480. The highest BCUT2D eigenvalue weighted by atomic mass is 16.5. The minimum atomic E-state index is 0.0339. The zero-order chi connectivity index (χ0) is 24.5. The van der Waals surface area contributed by atoms with Gasteiger partial charge in [0.05, 0.1) is 35.5 Å². The number of carbonyl (C=O) groups excluding carboxylic acids is 2. The van der Waals surface area contributed by atoms with E-state index >= 15 is 0 Å². The van der Waals surface area contributed by atoms with Crippen molar-refractivity contribution in [3.8, 4) is 11.5 Å². The van der Waals surface area contributed by atoms with E-state index in [1.54, 1.807) is 0 Å². The first-order valence-electron chi connectivity index (χ1n) is 12.2. The first kappa shape index (κ1) is 22.2. The molecule has 6 rings (SSSR count). The van der Waals surface area contributed by atoms with Gasteiger partial charge in [-0.1, -0.05) is 24.3 Å². The van der Waals surface area contributed by atoms with Gasteiger partial charge in [0.2, 0.25) is 11.6 Å². The second-order valence-corrected chi connectivity index (χ2v) is 9.02. The van der Waals surface area contributed by atoms with E-state index in [1.165, 1.54) is 0 Å². The Balaban J connectivity index is 1.00. The number of carbonyl (C=O) groups is 2. The van der Waals surface area contributed by atoms with E-state index in [4.69, 9.17) is 9.47 Å². The van der Waals surface area contributed by atoms with Gasteiger partial charge in [0.15, 0.2) is 0 Å². The molecule has 4 aromatic carbocycles. The summed E-state index contributed by atoms with van der Waals surface area (Å²) in [4.78, 5) is 25.7. The number of fused-ring (bicyclic) bond motifs is 4. The maximum atomic E-state index is 12.9. The quantitative estimate of drug-likeness (QED) is 0.268. The normalized spacial score (nSPS) is 13.3. The first-order valence-corrected chi connectivity index (χ1v) is 12.2. The van der Waals surface area contributed by atoms with Crippen LogP contribution in [0, 0.1) is 0 Å². The third kappa shape index (κ3) is 4.17. The number of quaternary nitrogens is 2. The molecule has 0 saturated heterocycles. The molecule has 4 aromatic rings. The number of ether oxygens (including phenoxy) is 2. The molecule has 0 aliphatic carbocycles. The van der Waals surface area contributed by atoms with Crippen LogP contribution in [0.15, 0.2) is 84.9 Å². The summed E-state index contributed by atoms with van der Waals surface area (Å²) >= 11 is 0. The zero-order valence-electron chi connectivity index (χ0n) is 19.7. The molecule has 178 valence electrons. The number of nitrogens with two attached hydrogens (primary N) is 2. The Morgan fingerprint density at radius 1 is 0.500 bits per heavy atom. The van der Waals surface area contributed by atoms with Crippen LogP contribution >= 0.6 is 0 Å². The van der Waals surface area contributed by atoms with Crippen LogP contribution in [0.1, 0.15) is 44.7 Å². The molecule has 0 spiro atoms. The molecule has 0 fully saturated rings. The average molecular weight is 479 g/mol. The Bertz CT molecular complexity index is 1380. The minimum absolute atomic E-state index is 0.0339. The van der Waals surface area contributed by atoms with Crippen LogP contribution in [-0.2, 0) is 0 Å². The number of ketones is 2. The fourth-order valence-electron chi connectivity index (χ4n) is 4.76. The van der Waals surface area contributed by atoms with Crippen molar-refractivity contribution in [2.45, 2.75) is 12.8 Å². The van der Waals surface area contributed by atoms with Crippen molar-refractivity contribution in [1.29, 1.82) is 0 Å². The fraction of sp³-hybridized carbons (Fsp3) is 0.133. The number of para-hydroxylation sites is 2. The Hall–Kier alpha value is -4.26. The molecule has 0 radical (unpaired) electrons. The molecule has 0 amide bonds. The van der Waals surface area contributed by atoms with E-state index in [9.17, 15) is 9.59 Å². The summed E-state index contributed by atoms with van der Waals surface area (Å²) in [6.07, 6.45) is 1.62. The van der Waals surface area contributed by atoms with Gasteiger partial charge in [-0.2, -0.15) is 0 Å². The van der Waals surface area contributed by atoms with Gasteiger partial charge in [-0.05, 0) is 49.2 Å². The molecule has 0 unspecified atom stereocenters. The smallest absolute Gasteiger partial charge is 0.205 e. The van der Waals surface area contributed by atoms with Crippen molar-refractivity contribution in [1.82, 2.24) is 0 Å². The molecule has 6 heteroatoms. The van der Waals surface area contributed by atoms with Gasteiger partial charge in [-0.15, -0.1) is 0 Å². The Labute approximate surface area is 208 Å².